The van der Waals surface area contributed by atoms with Crippen molar-refractivity contribution in [2.24, 2.45) is 0 Å². The van der Waals surface area contributed by atoms with Gasteiger partial charge in [0.25, 0.3) is 0 Å². The van der Waals surface area contributed by atoms with Crippen molar-refractivity contribution in [1.82, 2.24) is 10.6 Å². The lowest BCUT2D eigenvalue weighted by molar-refractivity contribution is 0.103. The summed E-state index contributed by atoms with van der Waals surface area (Å²) >= 11 is 0. The van der Waals surface area contributed by atoms with E-state index >= 15 is 0 Å². The van der Waals surface area contributed by atoms with E-state index in [1.165, 1.54) is 0 Å². The van der Waals surface area contributed by atoms with Crippen LogP contribution in [0.2, 0.25) is 0 Å². The number of carbonyl (C=O) groups excluding carboxylic acids is 1. The third kappa shape index (κ3) is 5.48. The van der Waals surface area contributed by atoms with Crippen LogP contribution in [0.4, 0.5) is 4.79 Å². The van der Waals surface area contributed by atoms with Gasteiger partial charge in [-0.2, -0.15) is 0 Å². The number of benzene rings is 1. The number of rotatable bonds is 5. The van der Waals surface area contributed by atoms with E-state index in [2.05, 4.69) is 10.6 Å². The number of nitrogens with one attached hydrogen (secondary N) is 2. The van der Waals surface area contributed by atoms with E-state index in [0.717, 1.165) is 11.3 Å². The number of ether oxygens (including phenoxy) is 2. The molecular weight excluding hydrogens is 256 g/mol. The van der Waals surface area contributed by atoms with Crippen LogP contribution in [-0.4, -0.2) is 32.3 Å². The average molecular weight is 280 g/mol. The van der Waals surface area contributed by atoms with Gasteiger partial charge in [0.15, 0.2) is 0 Å². The summed E-state index contributed by atoms with van der Waals surface area (Å²) in [6.45, 7) is 6.19. The maximum absolute atomic E-state index is 11.7. The first-order chi connectivity index (χ1) is 9.35. The smallest absolute Gasteiger partial charge is 0.315 e. The molecule has 0 fully saturated rings. The van der Waals surface area contributed by atoms with Gasteiger partial charge in [-0.25, -0.2) is 4.79 Å². The van der Waals surface area contributed by atoms with E-state index in [0.29, 0.717) is 6.54 Å². The first-order valence-electron chi connectivity index (χ1n) is 6.58. The third-order valence-electron chi connectivity index (χ3n) is 2.69. The molecule has 1 rings (SSSR count). The van der Waals surface area contributed by atoms with Crippen LogP contribution < -0.4 is 15.4 Å². The molecule has 0 heterocycles. The molecule has 0 bridgehead atoms. The zero-order valence-electron chi connectivity index (χ0n) is 12.8. The van der Waals surface area contributed by atoms with Gasteiger partial charge >= 0.3 is 6.03 Å². The van der Waals surface area contributed by atoms with Crippen LogP contribution in [-0.2, 0) is 4.74 Å². The highest BCUT2D eigenvalue weighted by atomic mass is 16.5. The molecule has 0 aliphatic rings. The molecule has 0 unspecified atom stereocenters. The second-order valence-electron chi connectivity index (χ2n) is 5.59. The number of carbonyl (C=O) groups is 1. The summed E-state index contributed by atoms with van der Waals surface area (Å²) in [6.07, 6.45) is -0.212. The minimum atomic E-state index is -0.261. The summed E-state index contributed by atoms with van der Waals surface area (Å²) in [7, 11) is 3.24. The van der Waals surface area contributed by atoms with Crippen LogP contribution in [0.25, 0.3) is 0 Å². The first-order valence-corrected chi connectivity index (χ1v) is 6.58. The zero-order chi connectivity index (χ0) is 15.2. The van der Waals surface area contributed by atoms with Crippen LogP contribution in [0, 0.1) is 0 Å². The average Bonchev–Trinajstić information content (AvgIpc) is 2.37. The van der Waals surface area contributed by atoms with E-state index in [-0.39, 0.29) is 17.7 Å². The predicted molar refractivity (Wildman–Crippen MR) is 79.0 cm³/mol. The third-order valence-corrected chi connectivity index (χ3v) is 2.69. The molecule has 1 aromatic rings. The Labute approximate surface area is 120 Å². The van der Waals surface area contributed by atoms with Crippen molar-refractivity contribution in [3.05, 3.63) is 29.8 Å². The Kier molecular flexibility index (Phi) is 5.82. The maximum Gasteiger partial charge on any atom is 0.315 e. The van der Waals surface area contributed by atoms with Gasteiger partial charge in [-0.05, 0) is 38.5 Å². The summed E-state index contributed by atoms with van der Waals surface area (Å²) in [5.74, 6) is 0.767. The largest absolute Gasteiger partial charge is 0.497 e. The van der Waals surface area contributed by atoms with Crippen molar-refractivity contribution in [2.75, 3.05) is 20.8 Å². The number of amides is 2. The predicted octanol–water partition coefficient (Wildman–Crippen LogP) is 2.48. The van der Waals surface area contributed by atoms with E-state index in [1.807, 2.05) is 45.0 Å². The van der Waals surface area contributed by atoms with Gasteiger partial charge in [0.05, 0.1) is 13.2 Å². The van der Waals surface area contributed by atoms with Crippen molar-refractivity contribution in [3.8, 4) is 5.75 Å². The van der Waals surface area contributed by atoms with Crippen molar-refractivity contribution >= 4 is 6.03 Å². The van der Waals surface area contributed by atoms with Gasteiger partial charge in [-0.15, -0.1) is 0 Å². The molecule has 0 aliphatic carbocycles. The zero-order valence-corrected chi connectivity index (χ0v) is 12.8. The molecule has 1 aromatic carbocycles. The highest BCUT2D eigenvalue weighted by Gasteiger charge is 2.16. The van der Waals surface area contributed by atoms with E-state index in [4.69, 9.17) is 9.47 Å². The quantitative estimate of drug-likeness (QED) is 0.871. The van der Waals surface area contributed by atoms with E-state index in [9.17, 15) is 4.79 Å². The Morgan fingerprint density at radius 2 is 2.00 bits per heavy atom. The van der Waals surface area contributed by atoms with Crippen LogP contribution in [0.1, 0.15) is 32.4 Å². The Morgan fingerprint density at radius 1 is 1.30 bits per heavy atom. The van der Waals surface area contributed by atoms with Gasteiger partial charge in [0.1, 0.15) is 5.75 Å². The van der Waals surface area contributed by atoms with Crippen molar-refractivity contribution in [2.45, 2.75) is 32.4 Å². The fourth-order valence-corrected chi connectivity index (χ4v) is 1.75. The van der Waals surface area contributed by atoms with Gasteiger partial charge in [0.2, 0.25) is 0 Å². The minimum absolute atomic E-state index is 0.206. The summed E-state index contributed by atoms with van der Waals surface area (Å²) in [5.41, 5.74) is 0.700. The van der Waals surface area contributed by atoms with Gasteiger partial charge in [-0.3, -0.25) is 0 Å². The van der Waals surface area contributed by atoms with E-state index in [1.54, 1.807) is 14.2 Å². The second kappa shape index (κ2) is 7.14. The second-order valence-corrected chi connectivity index (χ2v) is 5.59. The maximum atomic E-state index is 11.7. The molecule has 1 atom stereocenters. The Hall–Kier alpha value is -1.75. The first kappa shape index (κ1) is 16.3. The number of hydrogen-bond acceptors (Lipinski definition) is 3. The van der Waals surface area contributed by atoms with Crippen LogP contribution in [0.3, 0.4) is 0 Å². The highest BCUT2D eigenvalue weighted by Crippen LogP contribution is 2.20. The molecule has 0 spiro atoms. The Morgan fingerprint density at radius 3 is 2.55 bits per heavy atom. The molecule has 0 saturated carbocycles. The lowest BCUT2D eigenvalue weighted by atomic mass is 10.1. The monoisotopic (exact) mass is 280 g/mol. The lowest BCUT2D eigenvalue weighted by Crippen LogP contribution is -2.47. The van der Waals surface area contributed by atoms with Crippen molar-refractivity contribution < 1.29 is 14.3 Å². The number of methoxy groups -OCH3 is 2. The van der Waals surface area contributed by atoms with Crippen molar-refractivity contribution in [1.29, 1.82) is 0 Å². The lowest BCUT2D eigenvalue weighted by Gasteiger charge is -2.22. The van der Waals surface area contributed by atoms with Crippen molar-refractivity contribution in [3.63, 3.8) is 0 Å². The Bertz CT molecular complexity index is 441. The highest BCUT2D eigenvalue weighted by molar-refractivity contribution is 5.74. The summed E-state index contributed by atoms with van der Waals surface area (Å²) in [5, 5.41) is 5.65. The normalized spacial score (nSPS) is 12.7. The fourth-order valence-electron chi connectivity index (χ4n) is 1.75. The van der Waals surface area contributed by atoms with E-state index < -0.39 is 0 Å². The molecule has 5 nitrogen and oxygen atoms in total. The fraction of sp³-hybridized carbons (Fsp3) is 0.533. The minimum Gasteiger partial charge on any atom is -0.497 e. The number of urea groups is 1. The molecule has 20 heavy (non-hydrogen) atoms. The molecule has 2 N–H and O–H groups in total. The Balaban J connectivity index is 2.61. The number of hydrogen-bond donors (Lipinski definition) is 2. The molecule has 0 aliphatic heterocycles. The molecular formula is C15H24N2O3. The standard InChI is InChI=1S/C15H24N2O3/c1-15(2,3)17-14(18)16-10-13(20-5)11-7-6-8-12(9-11)19-4/h6-9,13H,10H2,1-5H3,(H2,16,17,18)/t13-/m0/s1. The molecule has 0 radical (unpaired) electrons. The van der Waals surface area contributed by atoms with Crippen LogP contribution in [0.15, 0.2) is 24.3 Å². The molecule has 0 aromatic heterocycles. The van der Waals surface area contributed by atoms with Gasteiger partial charge < -0.3 is 20.1 Å². The summed E-state index contributed by atoms with van der Waals surface area (Å²) in [6, 6.07) is 7.41. The van der Waals surface area contributed by atoms with Gasteiger partial charge in [-0.1, -0.05) is 12.1 Å². The summed E-state index contributed by atoms with van der Waals surface area (Å²) < 4.78 is 10.6. The molecule has 2 amide bonds. The summed E-state index contributed by atoms with van der Waals surface area (Å²) in [4.78, 5) is 11.7. The molecule has 0 saturated heterocycles. The van der Waals surface area contributed by atoms with Gasteiger partial charge in [0, 0.05) is 19.2 Å². The topological polar surface area (TPSA) is 59.6 Å². The molecule has 112 valence electrons. The molecule has 5 heteroatoms. The SMILES string of the molecule is COc1cccc([C@H](CNC(=O)NC(C)(C)C)OC)c1. The van der Waals surface area contributed by atoms with Crippen LogP contribution in [0.5, 0.6) is 5.75 Å². The van der Waals surface area contributed by atoms with Crippen LogP contribution >= 0.6 is 0 Å².